The van der Waals surface area contributed by atoms with Crippen LogP contribution in [-0.4, -0.2) is 50.5 Å². The number of carbonyl (C=O) groups excluding carboxylic acids is 1. The molecule has 1 atom stereocenters. The van der Waals surface area contributed by atoms with Crippen LogP contribution in [0.4, 0.5) is 11.4 Å². The summed E-state index contributed by atoms with van der Waals surface area (Å²) in [5.74, 6) is 0.363. The molecule has 2 rings (SSSR count). The van der Waals surface area contributed by atoms with E-state index in [4.69, 9.17) is 4.74 Å². The van der Waals surface area contributed by atoms with Crippen molar-refractivity contribution in [1.29, 1.82) is 0 Å². The van der Waals surface area contributed by atoms with E-state index in [2.05, 4.69) is 10.6 Å². The number of hydrogen-bond donors (Lipinski definition) is 2. The molecule has 27 heavy (non-hydrogen) atoms. The van der Waals surface area contributed by atoms with Gasteiger partial charge in [-0.05, 0) is 32.3 Å². The first-order valence-electron chi connectivity index (χ1n) is 8.42. The fourth-order valence-electron chi connectivity index (χ4n) is 2.84. The van der Waals surface area contributed by atoms with E-state index < -0.39 is 4.92 Å². The minimum atomic E-state index is -0.514. The number of benzene rings is 2. The van der Waals surface area contributed by atoms with E-state index in [0.29, 0.717) is 12.2 Å². The Morgan fingerprint density at radius 3 is 2.56 bits per heavy atom. The second kappa shape index (κ2) is 9.00. The number of nitrogens with one attached hydrogen (secondary N) is 2. The number of nitro groups is 1. The fourth-order valence-corrected chi connectivity index (χ4v) is 2.84. The molecule has 1 amide bonds. The normalized spacial score (nSPS) is 11.7. The van der Waals surface area contributed by atoms with Crippen molar-refractivity contribution in [2.24, 2.45) is 0 Å². The standard InChI is InChI=1S/C19H24N4O4/c1-20-15-10-9-13(11-16(15)23(25)26)19(24)21-12-17(22(2)3)14-7-5-6-8-18(14)27-4/h5-11,17,20H,12H2,1-4H3,(H,21,24)/t17-/m0/s1. The van der Waals surface area contributed by atoms with Gasteiger partial charge in [-0.1, -0.05) is 18.2 Å². The predicted molar refractivity (Wildman–Crippen MR) is 104 cm³/mol. The molecule has 0 aliphatic rings. The first-order valence-corrected chi connectivity index (χ1v) is 8.42. The highest BCUT2D eigenvalue weighted by molar-refractivity contribution is 5.95. The average molecular weight is 372 g/mol. The Bertz CT molecular complexity index is 823. The molecule has 0 spiro atoms. The van der Waals surface area contributed by atoms with Crippen molar-refractivity contribution in [3.63, 3.8) is 0 Å². The monoisotopic (exact) mass is 372 g/mol. The molecule has 2 aromatic rings. The van der Waals surface area contributed by atoms with Crippen LogP contribution in [0.2, 0.25) is 0 Å². The molecule has 144 valence electrons. The maximum absolute atomic E-state index is 12.5. The third kappa shape index (κ3) is 4.73. The number of hydrogen-bond acceptors (Lipinski definition) is 6. The van der Waals surface area contributed by atoms with Gasteiger partial charge >= 0.3 is 0 Å². The Morgan fingerprint density at radius 2 is 1.96 bits per heavy atom. The van der Waals surface area contributed by atoms with Crippen molar-refractivity contribution >= 4 is 17.3 Å². The lowest BCUT2D eigenvalue weighted by Crippen LogP contribution is -2.34. The molecule has 0 saturated heterocycles. The van der Waals surface area contributed by atoms with Crippen LogP contribution in [-0.2, 0) is 0 Å². The summed E-state index contributed by atoms with van der Waals surface area (Å²) in [4.78, 5) is 25.2. The van der Waals surface area contributed by atoms with E-state index >= 15 is 0 Å². The molecule has 2 aromatic carbocycles. The van der Waals surface area contributed by atoms with Crippen molar-refractivity contribution in [3.8, 4) is 5.75 Å². The van der Waals surface area contributed by atoms with E-state index in [9.17, 15) is 14.9 Å². The van der Waals surface area contributed by atoms with Crippen LogP contribution in [0.3, 0.4) is 0 Å². The fraction of sp³-hybridized carbons (Fsp3) is 0.316. The zero-order chi connectivity index (χ0) is 20.0. The summed E-state index contributed by atoms with van der Waals surface area (Å²) >= 11 is 0. The van der Waals surface area contributed by atoms with Crippen molar-refractivity contribution in [1.82, 2.24) is 10.2 Å². The number of para-hydroxylation sites is 1. The Hall–Kier alpha value is -3.13. The molecule has 0 aliphatic heterocycles. The van der Waals surface area contributed by atoms with Gasteiger partial charge in [0, 0.05) is 30.8 Å². The zero-order valence-corrected chi connectivity index (χ0v) is 15.9. The largest absolute Gasteiger partial charge is 0.496 e. The van der Waals surface area contributed by atoms with E-state index in [-0.39, 0.29) is 23.2 Å². The minimum Gasteiger partial charge on any atom is -0.496 e. The first-order chi connectivity index (χ1) is 12.9. The molecule has 0 unspecified atom stereocenters. The van der Waals surface area contributed by atoms with Gasteiger partial charge in [-0.15, -0.1) is 0 Å². The zero-order valence-electron chi connectivity index (χ0n) is 15.9. The van der Waals surface area contributed by atoms with Crippen LogP contribution < -0.4 is 15.4 Å². The molecule has 0 fully saturated rings. The molecule has 0 aliphatic carbocycles. The predicted octanol–water partition coefficient (Wildman–Crippen LogP) is 2.68. The van der Waals surface area contributed by atoms with Gasteiger partial charge in [0.1, 0.15) is 11.4 Å². The van der Waals surface area contributed by atoms with Crippen LogP contribution in [0.25, 0.3) is 0 Å². The smallest absolute Gasteiger partial charge is 0.293 e. The van der Waals surface area contributed by atoms with Crippen LogP contribution in [0.1, 0.15) is 22.0 Å². The Kier molecular flexibility index (Phi) is 6.73. The van der Waals surface area contributed by atoms with Gasteiger partial charge < -0.3 is 20.3 Å². The molecule has 0 saturated carbocycles. The summed E-state index contributed by atoms with van der Waals surface area (Å²) in [5.41, 5.74) is 1.40. The highest BCUT2D eigenvalue weighted by atomic mass is 16.6. The summed E-state index contributed by atoms with van der Waals surface area (Å²) < 4.78 is 5.41. The Labute approximate surface area is 158 Å². The summed E-state index contributed by atoms with van der Waals surface area (Å²) in [6, 6.07) is 11.9. The van der Waals surface area contributed by atoms with Gasteiger partial charge in [-0.25, -0.2) is 0 Å². The number of likely N-dealkylation sites (N-methyl/N-ethyl adjacent to an activating group) is 1. The second-order valence-corrected chi connectivity index (χ2v) is 6.17. The Morgan fingerprint density at radius 1 is 1.26 bits per heavy atom. The highest BCUT2D eigenvalue weighted by Crippen LogP contribution is 2.28. The quantitative estimate of drug-likeness (QED) is 0.546. The molecule has 0 bridgehead atoms. The summed E-state index contributed by atoms with van der Waals surface area (Å²) in [5, 5.41) is 16.8. The number of amides is 1. The van der Waals surface area contributed by atoms with Crippen LogP contribution in [0, 0.1) is 10.1 Å². The van der Waals surface area contributed by atoms with Crippen molar-refractivity contribution in [2.75, 3.05) is 40.1 Å². The van der Waals surface area contributed by atoms with Crippen molar-refractivity contribution < 1.29 is 14.5 Å². The maximum Gasteiger partial charge on any atom is 0.293 e. The van der Waals surface area contributed by atoms with Gasteiger partial charge in [-0.2, -0.15) is 0 Å². The average Bonchev–Trinajstić information content (AvgIpc) is 2.67. The molecular weight excluding hydrogens is 348 g/mol. The van der Waals surface area contributed by atoms with E-state index in [1.807, 2.05) is 43.3 Å². The van der Waals surface area contributed by atoms with Gasteiger partial charge in [-0.3, -0.25) is 14.9 Å². The SMILES string of the molecule is CNc1ccc(C(=O)NC[C@@H](c2ccccc2OC)N(C)C)cc1[N+](=O)[O-]. The number of methoxy groups -OCH3 is 1. The summed E-state index contributed by atoms with van der Waals surface area (Å²) in [6.07, 6.45) is 0. The van der Waals surface area contributed by atoms with E-state index in [0.717, 1.165) is 11.3 Å². The number of carbonyl (C=O) groups is 1. The maximum atomic E-state index is 12.5. The third-order valence-electron chi connectivity index (χ3n) is 4.30. The van der Waals surface area contributed by atoms with Gasteiger partial charge in [0.2, 0.25) is 0 Å². The number of nitro benzene ring substituents is 1. The Balaban J connectivity index is 2.19. The van der Waals surface area contributed by atoms with Crippen LogP contribution in [0.15, 0.2) is 42.5 Å². The topological polar surface area (TPSA) is 96.7 Å². The lowest BCUT2D eigenvalue weighted by molar-refractivity contribution is -0.384. The number of nitrogens with zero attached hydrogens (tertiary/aromatic N) is 2. The second-order valence-electron chi connectivity index (χ2n) is 6.17. The molecule has 0 aromatic heterocycles. The van der Waals surface area contributed by atoms with Gasteiger partial charge in [0.15, 0.2) is 0 Å². The molecule has 0 radical (unpaired) electrons. The van der Waals surface area contributed by atoms with Gasteiger partial charge in [0.25, 0.3) is 11.6 Å². The number of ether oxygens (including phenoxy) is 1. The summed E-state index contributed by atoms with van der Waals surface area (Å²) in [7, 11) is 7.02. The van der Waals surface area contributed by atoms with Crippen LogP contribution in [0.5, 0.6) is 5.75 Å². The van der Waals surface area contributed by atoms with Crippen molar-refractivity contribution in [2.45, 2.75) is 6.04 Å². The molecule has 8 nitrogen and oxygen atoms in total. The van der Waals surface area contributed by atoms with Crippen LogP contribution >= 0.6 is 0 Å². The molecule has 2 N–H and O–H groups in total. The lowest BCUT2D eigenvalue weighted by atomic mass is 10.0. The molecule has 0 heterocycles. The molecular formula is C19H24N4O4. The van der Waals surface area contributed by atoms with Crippen molar-refractivity contribution in [3.05, 3.63) is 63.7 Å². The highest BCUT2D eigenvalue weighted by Gasteiger charge is 2.21. The van der Waals surface area contributed by atoms with Gasteiger partial charge in [0.05, 0.1) is 18.1 Å². The summed E-state index contributed by atoms with van der Waals surface area (Å²) in [6.45, 7) is 0.327. The number of rotatable bonds is 8. The number of anilines is 1. The third-order valence-corrected chi connectivity index (χ3v) is 4.30. The van der Waals surface area contributed by atoms with E-state index in [1.54, 1.807) is 20.2 Å². The molecule has 8 heteroatoms. The lowest BCUT2D eigenvalue weighted by Gasteiger charge is -2.26. The minimum absolute atomic E-state index is 0.114. The van der Waals surface area contributed by atoms with E-state index in [1.165, 1.54) is 12.1 Å². The first kappa shape index (κ1) is 20.2.